The maximum Gasteiger partial charge on any atom is 0.306 e. The highest BCUT2D eigenvalue weighted by molar-refractivity contribution is 5.71. The first-order chi connectivity index (χ1) is 34.0. The van der Waals surface area contributed by atoms with E-state index in [2.05, 4.69) is 142 Å². The first-order valence-corrected chi connectivity index (χ1v) is 28.0. The van der Waals surface area contributed by atoms with E-state index in [4.69, 9.17) is 14.2 Å². The zero-order valence-corrected chi connectivity index (χ0v) is 44.5. The van der Waals surface area contributed by atoms with Gasteiger partial charge in [0, 0.05) is 19.3 Å². The van der Waals surface area contributed by atoms with Gasteiger partial charge in [0.2, 0.25) is 0 Å². The molecule has 0 amide bonds. The van der Waals surface area contributed by atoms with E-state index in [-0.39, 0.29) is 37.5 Å². The van der Waals surface area contributed by atoms with E-state index < -0.39 is 6.10 Å². The summed E-state index contributed by atoms with van der Waals surface area (Å²) in [7, 11) is 0. The Morgan fingerprint density at radius 2 is 0.565 bits per heavy atom. The van der Waals surface area contributed by atoms with Crippen molar-refractivity contribution in [2.45, 2.75) is 245 Å². The fourth-order valence-corrected chi connectivity index (χ4v) is 7.21. The van der Waals surface area contributed by atoms with Crippen LogP contribution in [0.3, 0.4) is 0 Å². The van der Waals surface area contributed by atoms with E-state index in [1.54, 1.807) is 0 Å². The number of allylic oxidation sites excluding steroid dienone is 20. The van der Waals surface area contributed by atoms with Crippen LogP contribution in [0.4, 0.5) is 0 Å². The fraction of sp³-hybridized carbons (Fsp3) is 0.635. The van der Waals surface area contributed by atoms with Crippen LogP contribution in [0.5, 0.6) is 0 Å². The second-order valence-electron chi connectivity index (χ2n) is 18.1. The van der Waals surface area contributed by atoms with Gasteiger partial charge in [-0.25, -0.2) is 0 Å². The minimum atomic E-state index is -0.820. The molecule has 0 saturated heterocycles. The van der Waals surface area contributed by atoms with Crippen LogP contribution in [0.1, 0.15) is 239 Å². The number of hydrogen-bond acceptors (Lipinski definition) is 6. The number of ether oxygens (including phenoxy) is 3. The summed E-state index contributed by atoms with van der Waals surface area (Å²) in [5, 5.41) is 0. The topological polar surface area (TPSA) is 78.9 Å². The molecule has 0 spiro atoms. The molecule has 0 aliphatic carbocycles. The average Bonchev–Trinajstić information content (AvgIpc) is 3.35. The Morgan fingerprint density at radius 3 is 0.928 bits per heavy atom. The zero-order valence-electron chi connectivity index (χ0n) is 44.5. The third-order valence-electron chi connectivity index (χ3n) is 11.4. The average molecular weight is 956 g/mol. The van der Waals surface area contributed by atoms with Crippen molar-refractivity contribution in [2.24, 2.45) is 0 Å². The second kappa shape index (κ2) is 56.4. The fourth-order valence-electron chi connectivity index (χ4n) is 7.21. The lowest BCUT2D eigenvalue weighted by Gasteiger charge is -2.18. The number of hydrogen-bond donors (Lipinski definition) is 0. The molecule has 0 rings (SSSR count). The third-order valence-corrected chi connectivity index (χ3v) is 11.4. The van der Waals surface area contributed by atoms with E-state index in [9.17, 15) is 14.4 Å². The molecule has 0 aromatic heterocycles. The summed E-state index contributed by atoms with van der Waals surface area (Å²) in [5.41, 5.74) is 0. The van der Waals surface area contributed by atoms with E-state index in [0.717, 1.165) is 116 Å². The zero-order chi connectivity index (χ0) is 50.0. The van der Waals surface area contributed by atoms with E-state index in [0.29, 0.717) is 19.3 Å². The van der Waals surface area contributed by atoms with Gasteiger partial charge in [0.05, 0.1) is 0 Å². The molecule has 0 aromatic rings. The highest BCUT2D eigenvalue weighted by Gasteiger charge is 2.19. The van der Waals surface area contributed by atoms with E-state index in [1.165, 1.54) is 77.0 Å². The number of esters is 3. The highest BCUT2D eigenvalue weighted by atomic mass is 16.6. The number of carbonyl (C=O) groups excluding carboxylic acids is 3. The summed E-state index contributed by atoms with van der Waals surface area (Å²) in [5.74, 6) is -0.997. The highest BCUT2D eigenvalue weighted by Crippen LogP contribution is 2.13. The molecule has 1 atom stereocenters. The van der Waals surface area contributed by atoms with Crippen LogP contribution < -0.4 is 0 Å². The molecule has 6 heteroatoms. The molecule has 0 unspecified atom stereocenters. The Kier molecular flexibility index (Phi) is 53.0. The quantitative estimate of drug-likeness (QED) is 0.0262. The van der Waals surface area contributed by atoms with Crippen LogP contribution >= 0.6 is 0 Å². The molecule has 0 aliphatic rings. The maximum absolute atomic E-state index is 12.8. The van der Waals surface area contributed by atoms with Gasteiger partial charge in [0.1, 0.15) is 13.2 Å². The molecule has 69 heavy (non-hydrogen) atoms. The van der Waals surface area contributed by atoms with Gasteiger partial charge in [-0.2, -0.15) is 0 Å². The van der Waals surface area contributed by atoms with Crippen LogP contribution in [0.2, 0.25) is 0 Å². The number of carbonyl (C=O) groups is 3. The minimum Gasteiger partial charge on any atom is -0.462 e. The van der Waals surface area contributed by atoms with Crippen LogP contribution in [0.25, 0.3) is 0 Å². The van der Waals surface area contributed by atoms with Crippen LogP contribution in [-0.2, 0) is 28.6 Å². The first-order valence-electron chi connectivity index (χ1n) is 28.0. The van der Waals surface area contributed by atoms with Crippen molar-refractivity contribution in [1.29, 1.82) is 0 Å². The molecule has 0 aliphatic heterocycles. The molecular formula is C63H102O6. The largest absolute Gasteiger partial charge is 0.462 e. The molecule has 0 fully saturated rings. The molecule has 0 saturated carbocycles. The third kappa shape index (κ3) is 54.6. The van der Waals surface area contributed by atoms with Crippen molar-refractivity contribution in [1.82, 2.24) is 0 Å². The van der Waals surface area contributed by atoms with Crippen LogP contribution in [-0.4, -0.2) is 37.2 Å². The predicted molar refractivity (Wildman–Crippen MR) is 297 cm³/mol. The maximum atomic E-state index is 12.8. The van der Waals surface area contributed by atoms with Crippen molar-refractivity contribution in [3.05, 3.63) is 122 Å². The lowest BCUT2D eigenvalue weighted by Crippen LogP contribution is -2.30. The Hall–Kier alpha value is -4.19. The van der Waals surface area contributed by atoms with Crippen molar-refractivity contribution in [3.63, 3.8) is 0 Å². The Morgan fingerprint density at radius 1 is 0.304 bits per heavy atom. The Labute approximate surface area is 424 Å². The second-order valence-corrected chi connectivity index (χ2v) is 18.1. The van der Waals surface area contributed by atoms with Gasteiger partial charge in [-0.05, 0) is 135 Å². The lowest BCUT2D eigenvalue weighted by molar-refractivity contribution is -0.167. The normalized spacial score (nSPS) is 13.0. The summed E-state index contributed by atoms with van der Waals surface area (Å²) in [4.78, 5) is 38.1. The minimum absolute atomic E-state index is 0.113. The lowest BCUT2D eigenvalue weighted by atomic mass is 10.1. The van der Waals surface area contributed by atoms with Gasteiger partial charge in [0.25, 0.3) is 0 Å². The molecule has 0 N–H and O–H groups in total. The number of unbranched alkanes of at least 4 members (excludes halogenated alkanes) is 18. The summed E-state index contributed by atoms with van der Waals surface area (Å²) in [6.45, 7) is 6.39. The number of rotatable bonds is 49. The van der Waals surface area contributed by atoms with Gasteiger partial charge in [-0.3, -0.25) is 14.4 Å². The predicted octanol–water partition coefficient (Wildman–Crippen LogP) is 18.9. The standard InChI is InChI=1S/C63H102O6/c1-4-7-10-13-16-19-22-25-28-30-31-33-36-38-41-44-47-50-53-56-62(65)68-59-60(69-63(66)57-54-51-48-45-42-39-34-27-24-21-18-15-12-9-6-3)58-67-61(64)55-52-49-46-43-40-37-35-32-29-26-23-20-17-14-11-8-5-2/h9,12,16-21,25-29,31,33-34,38,41-42,45,60H,4-8,10-11,13-15,22-24,30,32,35-37,39-40,43-44,46-59H2,1-3H3/b12-9-,19-16-,20-17-,21-18-,28-25-,29-26-,33-31-,34-27-,41-38-,45-42-/t60-/m0/s1. The molecule has 0 radical (unpaired) electrons. The Bertz CT molecular complexity index is 1470. The van der Waals surface area contributed by atoms with Crippen LogP contribution in [0.15, 0.2) is 122 Å². The monoisotopic (exact) mass is 955 g/mol. The van der Waals surface area contributed by atoms with Gasteiger partial charge < -0.3 is 14.2 Å². The van der Waals surface area contributed by atoms with Gasteiger partial charge in [-0.15, -0.1) is 0 Å². The SMILES string of the molecule is CC/C=C\C/C=C\C/C=C\C/C=C\CCCCC(=O)O[C@H](COC(=O)CCCCC/C=C\C/C=C\C/C=C\C/C=C\CCCCC)COC(=O)CCCCCCCCC/C=C\C/C=C\CCCCC. The van der Waals surface area contributed by atoms with Crippen LogP contribution in [0, 0.1) is 0 Å². The molecule has 0 aromatic carbocycles. The molecule has 6 nitrogen and oxygen atoms in total. The van der Waals surface area contributed by atoms with Crippen molar-refractivity contribution in [2.75, 3.05) is 13.2 Å². The van der Waals surface area contributed by atoms with E-state index in [1.807, 2.05) is 0 Å². The summed E-state index contributed by atoms with van der Waals surface area (Å²) < 4.78 is 16.8. The summed E-state index contributed by atoms with van der Waals surface area (Å²) in [6, 6.07) is 0. The van der Waals surface area contributed by atoms with Gasteiger partial charge in [-0.1, -0.05) is 206 Å². The molecular weight excluding hydrogens is 853 g/mol. The van der Waals surface area contributed by atoms with Crippen molar-refractivity contribution in [3.8, 4) is 0 Å². The first kappa shape index (κ1) is 64.8. The molecule has 390 valence electrons. The van der Waals surface area contributed by atoms with Gasteiger partial charge >= 0.3 is 17.9 Å². The Balaban J connectivity index is 4.53. The smallest absolute Gasteiger partial charge is 0.306 e. The molecule has 0 bridgehead atoms. The molecule has 0 heterocycles. The summed E-state index contributed by atoms with van der Waals surface area (Å²) >= 11 is 0. The van der Waals surface area contributed by atoms with E-state index >= 15 is 0 Å². The summed E-state index contributed by atoms with van der Waals surface area (Å²) in [6.07, 6.45) is 77.5. The van der Waals surface area contributed by atoms with Crippen molar-refractivity contribution < 1.29 is 28.6 Å². The van der Waals surface area contributed by atoms with Gasteiger partial charge in [0.15, 0.2) is 6.10 Å². The van der Waals surface area contributed by atoms with Crippen molar-refractivity contribution >= 4 is 17.9 Å².